The lowest BCUT2D eigenvalue weighted by atomic mass is 9.86. The first kappa shape index (κ1) is 12.6. The third kappa shape index (κ3) is 3.08. The van der Waals surface area contributed by atoms with Crippen molar-refractivity contribution < 1.29 is 9.59 Å². The van der Waals surface area contributed by atoms with Gasteiger partial charge in [0, 0.05) is 18.4 Å². The van der Waals surface area contributed by atoms with Gasteiger partial charge in [0.2, 0.25) is 5.91 Å². The second-order valence-electron chi connectivity index (χ2n) is 5.60. The van der Waals surface area contributed by atoms with Gasteiger partial charge in [-0.2, -0.15) is 0 Å². The molecule has 0 aromatic rings. The molecule has 1 atom stereocenters. The number of carbonyl (C=O) groups is 2. The van der Waals surface area contributed by atoms with Crippen molar-refractivity contribution in [2.45, 2.75) is 51.9 Å². The molecule has 3 nitrogen and oxygen atoms in total. The Balaban J connectivity index is 1.86. The standard InChI is InChI=1S/C14H23NO2/c1-11-6-5-9-15(14(11)17)10-13(16)12-7-3-2-4-8-12/h11-12H,2-10H2,1H3. The molecule has 2 fully saturated rings. The number of hydrogen-bond donors (Lipinski definition) is 0. The van der Waals surface area contributed by atoms with Crippen LogP contribution in [0.1, 0.15) is 51.9 Å². The summed E-state index contributed by atoms with van der Waals surface area (Å²) in [5.74, 6) is 0.823. The molecule has 96 valence electrons. The minimum absolute atomic E-state index is 0.114. The molecule has 1 unspecified atom stereocenters. The molecule has 1 amide bonds. The quantitative estimate of drug-likeness (QED) is 0.756. The molecule has 0 spiro atoms. The van der Waals surface area contributed by atoms with Crippen LogP contribution in [0.4, 0.5) is 0 Å². The number of Topliss-reactive ketones (excluding diaryl/α,β-unsaturated/α-hetero) is 1. The van der Waals surface area contributed by atoms with Crippen LogP contribution in [0.3, 0.4) is 0 Å². The third-order valence-electron chi connectivity index (χ3n) is 4.21. The smallest absolute Gasteiger partial charge is 0.225 e. The summed E-state index contributed by atoms with van der Waals surface area (Å²) in [7, 11) is 0. The van der Waals surface area contributed by atoms with Crippen molar-refractivity contribution in [1.29, 1.82) is 0 Å². The molecule has 3 heteroatoms. The summed E-state index contributed by atoms with van der Waals surface area (Å²) >= 11 is 0. The molecule has 1 aliphatic heterocycles. The molecular weight excluding hydrogens is 214 g/mol. The Morgan fingerprint density at radius 3 is 2.59 bits per heavy atom. The van der Waals surface area contributed by atoms with Crippen LogP contribution >= 0.6 is 0 Å². The van der Waals surface area contributed by atoms with Crippen molar-refractivity contribution in [2.75, 3.05) is 13.1 Å². The van der Waals surface area contributed by atoms with Gasteiger partial charge in [-0.15, -0.1) is 0 Å². The van der Waals surface area contributed by atoms with Gasteiger partial charge in [-0.05, 0) is 25.7 Å². The molecule has 0 aromatic heterocycles. The van der Waals surface area contributed by atoms with Crippen LogP contribution in [0.2, 0.25) is 0 Å². The van der Waals surface area contributed by atoms with Gasteiger partial charge in [-0.25, -0.2) is 0 Å². The Kier molecular flexibility index (Phi) is 4.19. The van der Waals surface area contributed by atoms with E-state index in [2.05, 4.69) is 0 Å². The zero-order valence-electron chi connectivity index (χ0n) is 10.8. The topological polar surface area (TPSA) is 37.4 Å². The lowest BCUT2D eigenvalue weighted by Crippen LogP contribution is -2.44. The van der Waals surface area contributed by atoms with E-state index in [0.29, 0.717) is 12.3 Å². The fraction of sp³-hybridized carbons (Fsp3) is 0.857. The first-order chi connectivity index (χ1) is 8.18. The predicted molar refractivity (Wildman–Crippen MR) is 66.6 cm³/mol. The summed E-state index contributed by atoms with van der Waals surface area (Å²) in [5.41, 5.74) is 0. The molecule has 17 heavy (non-hydrogen) atoms. The SMILES string of the molecule is CC1CCCN(CC(=O)C2CCCCC2)C1=O. The Labute approximate surface area is 104 Å². The first-order valence-electron chi connectivity index (χ1n) is 7.00. The second-order valence-corrected chi connectivity index (χ2v) is 5.60. The van der Waals surface area contributed by atoms with Gasteiger partial charge in [0.05, 0.1) is 6.54 Å². The summed E-state index contributed by atoms with van der Waals surface area (Å²) < 4.78 is 0. The lowest BCUT2D eigenvalue weighted by Gasteiger charge is -2.31. The van der Waals surface area contributed by atoms with Gasteiger partial charge < -0.3 is 4.90 Å². The van der Waals surface area contributed by atoms with Crippen molar-refractivity contribution in [3.05, 3.63) is 0 Å². The molecule has 1 heterocycles. The Morgan fingerprint density at radius 2 is 1.88 bits per heavy atom. The average Bonchev–Trinajstić information content (AvgIpc) is 2.36. The lowest BCUT2D eigenvalue weighted by molar-refractivity contribution is -0.142. The van der Waals surface area contributed by atoms with E-state index in [-0.39, 0.29) is 17.7 Å². The summed E-state index contributed by atoms with van der Waals surface area (Å²) in [6, 6.07) is 0. The first-order valence-corrected chi connectivity index (χ1v) is 7.00. The summed E-state index contributed by atoms with van der Waals surface area (Å²) in [6.07, 6.45) is 7.73. The Morgan fingerprint density at radius 1 is 1.18 bits per heavy atom. The number of likely N-dealkylation sites (tertiary alicyclic amines) is 1. The van der Waals surface area contributed by atoms with Gasteiger partial charge in [0.15, 0.2) is 5.78 Å². The van der Waals surface area contributed by atoms with Crippen LogP contribution in [-0.2, 0) is 9.59 Å². The minimum Gasteiger partial charge on any atom is -0.335 e. The molecule has 0 N–H and O–H groups in total. The minimum atomic E-state index is 0.114. The van der Waals surface area contributed by atoms with Gasteiger partial charge >= 0.3 is 0 Å². The molecule has 1 saturated carbocycles. The van der Waals surface area contributed by atoms with E-state index >= 15 is 0 Å². The van der Waals surface area contributed by atoms with Gasteiger partial charge in [-0.1, -0.05) is 26.2 Å². The molecule has 2 aliphatic rings. The van der Waals surface area contributed by atoms with E-state index in [1.807, 2.05) is 6.92 Å². The number of rotatable bonds is 3. The highest BCUT2D eigenvalue weighted by Crippen LogP contribution is 2.25. The number of ketones is 1. The van der Waals surface area contributed by atoms with Gasteiger partial charge in [0.25, 0.3) is 0 Å². The van der Waals surface area contributed by atoms with Crippen molar-refractivity contribution >= 4 is 11.7 Å². The Hall–Kier alpha value is -0.860. The fourth-order valence-corrected chi connectivity index (χ4v) is 3.03. The van der Waals surface area contributed by atoms with Crippen LogP contribution in [0.5, 0.6) is 0 Å². The van der Waals surface area contributed by atoms with E-state index in [1.54, 1.807) is 4.90 Å². The van der Waals surface area contributed by atoms with E-state index in [9.17, 15) is 9.59 Å². The monoisotopic (exact) mass is 237 g/mol. The number of amides is 1. The molecule has 0 radical (unpaired) electrons. The summed E-state index contributed by atoms with van der Waals surface area (Å²) in [6.45, 7) is 3.12. The van der Waals surface area contributed by atoms with Crippen molar-refractivity contribution in [3.63, 3.8) is 0 Å². The second kappa shape index (κ2) is 5.65. The Bertz CT molecular complexity index is 295. The molecule has 1 aliphatic carbocycles. The maximum Gasteiger partial charge on any atom is 0.225 e. The van der Waals surface area contributed by atoms with E-state index in [1.165, 1.54) is 19.3 Å². The zero-order valence-corrected chi connectivity index (χ0v) is 10.8. The fourth-order valence-electron chi connectivity index (χ4n) is 3.03. The zero-order chi connectivity index (χ0) is 12.3. The number of nitrogens with zero attached hydrogens (tertiary/aromatic N) is 1. The van der Waals surface area contributed by atoms with Crippen LogP contribution in [0, 0.1) is 11.8 Å². The van der Waals surface area contributed by atoms with Gasteiger partial charge in [0.1, 0.15) is 0 Å². The molecule has 0 aromatic carbocycles. The van der Waals surface area contributed by atoms with Crippen LogP contribution < -0.4 is 0 Å². The van der Waals surface area contributed by atoms with Crippen LogP contribution in [0.15, 0.2) is 0 Å². The highest BCUT2D eigenvalue weighted by atomic mass is 16.2. The highest BCUT2D eigenvalue weighted by molar-refractivity contribution is 5.88. The van der Waals surface area contributed by atoms with Crippen molar-refractivity contribution in [1.82, 2.24) is 4.90 Å². The van der Waals surface area contributed by atoms with E-state index < -0.39 is 0 Å². The number of piperidine rings is 1. The predicted octanol–water partition coefficient (Wildman–Crippen LogP) is 2.39. The van der Waals surface area contributed by atoms with E-state index in [4.69, 9.17) is 0 Å². The molecule has 0 bridgehead atoms. The van der Waals surface area contributed by atoms with Crippen molar-refractivity contribution in [3.8, 4) is 0 Å². The molecule has 2 rings (SSSR count). The van der Waals surface area contributed by atoms with Crippen LogP contribution in [-0.4, -0.2) is 29.7 Å². The van der Waals surface area contributed by atoms with Crippen molar-refractivity contribution in [2.24, 2.45) is 11.8 Å². The third-order valence-corrected chi connectivity index (χ3v) is 4.21. The summed E-state index contributed by atoms with van der Waals surface area (Å²) in [5, 5.41) is 0. The maximum absolute atomic E-state index is 12.1. The van der Waals surface area contributed by atoms with Crippen LogP contribution in [0.25, 0.3) is 0 Å². The summed E-state index contributed by atoms with van der Waals surface area (Å²) in [4.78, 5) is 25.8. The highest BCUT2D eigenvalue weighted by Gasteiger charge is 2.29. The van der Waals surface area contributed by atoms with Gasteiger partial charge in [-0.3, -0.25) is 9.59 Å². The number of hydrogen-bond acceptors (Lipinski definition) is 2. The molecular formula is C14H23NO2. The van der Waals surface area contributed by atoms with E-state index in [0.717, 1.165) is 32.2 Å². The normalized spacial score (nSPS) is 27.2. The molecule has 1 saturated heterocycles. The average molecular weight is 237 g/mol. The number of carbonyl (C=O) groups excluding carboxylic acids is 2. The maximum atomic E-state index is 12.1. The largest absolute Gasteiger partial charge is 0.335 e.